The van der Waals surface area contributed by atoms with Crippen molar-refractivity contribution in [3.8, 4) is 5.75 Å². The average molecular weight is 370 g/mol. The highest BCUT2D eigenvalue weighted by Crippen LogP contribution is 2.19. The lowest BCUT2D eigenvalue weighted by Gasteiger charge is -2.17. The number of imide groups is 1. The molecule has 0 aliphatic heterocycles. The summed E-state index contributed by atoms with van der Waals surface area (Å²) in [6.45, 7) is 3.49. The summed E-state index contributed by atoms with van der Waals surface area (Å²) in [7, 11) is 1.38. The van der Waals surface area contributed by atoms with E-state index in [9.17, 15) is 14.4 Å². The summed E-state index contributed by atoms with van der Waals surface area (Å²) in [4.78, 5) is 35.9. The molecule has 0 heterocycles. The maximum atomic E-state index is 12.3. The number of ether oxygens (including phenoxy) is 2. The molecule has 2 aromatic rings. The van der Waals surface area contributed by atoms with Gasteiger partial charge in [0.05, 0.1) is 0 Å². The number of nitrogens with one attached hydrogen (secondary N) is 2. The lowest BCUT2D eigenvalue weighted by atomic mass is 10.1. The van der Waals surface area contributed by atoms with E-state index < -0.39 is 24.0 Å². The zero-order chi connectivity index (χ0) is 19.8. The van der Waals surface area contributed by atoms with Crippen molar-refractivity contribution < 1.29 is 23.9 Å². The second-order valence-electron chi connectivity index (χ2n) is 5.96. The Labute approximate surface area is 157 Å². The normalized spacial score (nSPS) is 11.2. The van der Waals surface area contributed by atoms with Gasteiger partial charge in [-0.15, -0.1) is 0 Å². The van der Waals surface area contributed by atoms with Crippen molar-refractivity contribution in [2.45, 2.75) is 20.0 Å². The number of esters is 1. The third-order valence-electron chi connectivity index (χ3n) is 3.61. The number of hydrogen-bond donors (Lipinski definition) is 2. The van der Waals surface area contributed by atoms with Crippen molar-refractivity contribution in [3.05, 3.63) is 65.2 Å². The van der Waals surface area contributed by atoms with Gasteiger partial charge in [-0.25, -0.2) is 9.59 Å². The third-order valence-corrected chi connectivity index (χ3v) is 3.61. The molecule has 1 atom stereocenters. The highest BCUT2D eigenvalue weighted by Gasteiger charge is 2.26. The fourth-order valence-corrected chi connectivity index (χ4v) is 2.46. The Kier molecular flexibility index (Phi) is 6.93. The molecule has 2 aromatic carbocycles. The SMILES string of the molecule is CNC(=O)NC(=O)[C@@H](OC(=O)COc1cc(C)cc(C)c1)c1ccccc1. The van der Waals surface area contributed by atoms with Gasteiger partial charge in [0.1, 0.15) is 5.75 Å². The second-order valence-corrected chi connectivity index (χ2v) is 5.96. The molecule has 0 saturated heterocycles. The second kappa shape index (κ2) is 9.38. The van der Waals surface area contributed by atoms with Crippen molar-refractivity contribution >= 4 is 17.9 Å². The van der Waals surface area contributed by atoms with E-state index in [1.807, 2.05) is 19.9 Å². The van der Waals surface area contributed by atoms with E-state index in [-0.39, 0.29) is 6.61 Å². The van der Waals surface area contributed by atoms with Crippen LogP contribution < -0.4 is 15.4 Å². The number of carbonyl (C=O) groups is 3. The van der Waals surface area contributed by atoms with Crippen LogP contribution in [0.3, 0.4) is 0 Å². The van der Waals surface area contributed by atoms with Crippen molar-refractivity contribution in [3.63, 3.8) is 0 Å². The molecule has 0 aliphatic carbocycles. The van der Waals surface area contributed by atoms with Gasteiger partial charge in [0.15, 0.2) is 6.61 Å². The predicted molar refractivity (Wildman–Crippen MR) is 99.3 cm³/mol. The monoisotopic (exact) mass is 370 g/mol. The first-order valence-electron chi connectivity index (χ1n) is 8.37. The Morgan fingerprint density at radius 3 is 2.22 bits per heavy atom. The molecule has 0 aromatic heterocycles. The standard InChI is InChI=1S/C20H22N2O5/c1-13-9-14(2)11-16(10-13)26-12-17(23)27-18(15-7-5-4-6-8-15)19(24)22-20(25)21-3/h4-11,18H,12H2,1-3H3,(H2,21,22,24,25)/t18-/m0/s1. The van der Waals surface area contributed by atoms with Crippen molar-refractivity contribution in [1.82, 2.24) is 10.6 Å². The fourth-order valence-electron chi connectivity index (χ4n) is 2.46. The predicted octanol–water partition coefficient (Wildman–Crippen LogP) is 2.42. The number of aryl methyl sites for hydroxylation is 2. The first-order valence-corrected chi connectivity index (χ1v) is 8.37. The maximum Gasteiger partial charge on any atom is 0.345 e. The molecular weight excluding hydrogens is 348 g/mol. The summed E-state index contributed by atoms with van der Waals surface area (Å²) in [6.07, 6.45) is -1.26. The molecular formula is C20H22N2O5. The minimum Gasteiger partial charge on any atom is -0.482 e. The van der Waals surface area contributed by atoms with Gasteiger partial charge in [0.25, 0.3) is 5.91 Å². The first kappa shape index (κ1) is 20.0. The summed E-state index contributed by atoms with van der Waals surface area (Å²) in [5.41, 5.74) is 2.45. The number of rotatable bonds is 6. The molecule has 3 amide bonds. The van der Waals surface area contributed by atoms with E-state index >= 15 is 0 Å². The van der Waals surface area contributed by atoms with Crippen molar-refractivity contribution in [2.24, 2.45) is 0 Å². The van der Waals surface area contributed by atoms with E-state index in [1.54, 1.807) is 42.5 Å². The summed E-state index contributed by atoms with van der Waals surface area (Å²) < 4.78 is 10.7. The van der Waals surface area contributed by atoms with E-state index in [4.69, 9.17) is 9.47 Å². The van der Waals surface area contributed by atoms with E-state index in [2.05, 4.69) is 10.6 Å². The highest BCUT2D eigenvalue weighted by molar-refractivity contribution is 5.97. The quantitative estimate of drug-likeness (QED) is 0.762. The van der Waals surface area contributed by atoms with E-state index in [0.717, 1.165) is 11.1 Å². The number of benzene rings is 2. The third kappa shape index (κ3) is 6.14. The van der Waals surface area contributed by atoms with Crippen LogP contribution >= 0.6 is 0 Å². The zero-order valence-electron chi connectivity index (χ0n) is 15.4. The lowest BCUT2D eigenvalue weighted by Crippen LogP contribution is -2.41. The van der Waals surface area contributed by atoms with Crippen LogP contribution in [-0.2, 0) is 14.3 Å². The summed E-state index contributed by atoms with van der Waals surface area (Å²) in [5.74, 6) is -0.939. The largest absolute Gasteiger partial charge is 0.482 e. The van der Waals surface area contributed by atoms with Crippen LogP contribution in [0.5, 0.6) is 5.75 Å². The number of amides is 3. The van der Waals surface area contributed by atoms with Crippen LogP contribution in [0.25, 0.3) is 0 Å². The minimum atomic E-state index is -1.26. The molecule has 0 aliphatic rings. The summed E-state index contributed by atoms with van der Waals surface area (Å²) in [6, 6.07) is 13.3. The zero-order valence-corrected chi connectivity index (χ0v) is 15.4. The molecule has 0 spiro atoms. The molecule has 0 radical (unpaired) electrons. The number of urea groups is 1. The van der Waals surface area contributed by atoms with Gasteiger partial charge in [-0.2, -0.15) is 0 Å². The molecule has 0 fully saturated rings. The Morgan fingerprint density at radius 1 is 1.00 bits per heavy atom. The first-order chi connectivity index (χ1) is 12.9. The van der Waals surface area contributed by atoms with E-state index in [0.29, 0.717) is 11.3 Å². The number of carbonyl (C=O) groups excluding carboxylic acids is 3. The van der Waals surface area contributed by atoms with Crippen LogP contribution in [0.2, 0.25) is 0 Å². The Bertz CT molecular complexity index is 800. The average Bonchev–Trinajstić information content (AvgIpc) is 2.64. The molecule has 7 nitrogen and oxygen atoms in total. The van der Waals surface area contributed by atoms with Crippen LogP contribution in [0, 0.1) is 13.8 Å². The number of hydrogen-bond acceptors (Lipinski definition) is 5. The smallest absolute Gasteiger partial charge is 0.345 e. The molecule has 2 rings (SSSR count). The molecule has 0 bridgehead atoms. The van der Waals surface area contributed by atoms with Crippen molar-refractivity contribution in [2.75, 3.05) is 13.7 Å². The molecule has 0 saturated carbocycles. The van der Waals surface area contributed by atoms with Gasteiger partial charge in [-0.1, -0.05) is 36.4 Å². The Hall–Kier alpha value is -3.35. The minimum absolute atomic E-state index is 0.362. The van der Waals surface area contributed by atoms with Crippen LogP contribution in [0.15, 0.2) is 48.5 Å². The molecule has 7 heteroatoms. The van der Waals surface area contributed by atoms with Crippen LogP contribution in [-0.4, -0.2) is 31.6 Å². The highest BCUT2D eigenvalue weighted by atomic mass is 16.6. The van der Waals surface area contributed by atoms with Gasteiger partial charge in [0, 0.05) is 12.6 Å². The van der Waals surface area contributed by atoms with E-state index in [1.165, 1.54) is 7.05 Å². The Balaban J connectivity index is 2.06. The van der Waals surface area contributed by atoms with Gasteiger partial charge in [-0.3, -0.25) is 10.1 Å². The van der Waals surface area contributed by atoms with Crippen LogP contribution in [0.4, 0.5) is 4.79 Å². The van der Waals surface area contributed by atoms with Gasteiger partial charge < -0.3 is 14.8 Å². The van der Waals surface area contributed by atoms with Gasteiger partial charge >= 0.3 is 12.0 Å². The van der Waals surface area contributed by atoms with Crippen molar-refractivity contribution in [1.29, 1.82) is 0 Å². The molecule has 2 N–H and O–H groups in total. The topological polar surface area (TPSA) is 93.7 Å². The maximum absolute atomic E-state index is 12.3. The van der Waals surface area contributed by atoms with Crippen LogP contribution in [0.1, 0.15) is 22.8 Å². The lowest BCUT2D eigenvalue weighted by molar-refractivity contribution is -0.158. The summed E-state index contributed by atoms with van der Waals surface area (Å²) in [5, 5.41) is 4.39. The van der Waals surface area contributed by atoms with Gasteiger partial charge in [0.2, 0.25) is 6.10 Å². The van der Waals surface area contributed by atoms with Gasteiger partial charge in [-0.05, 0) is 37.1 Å². The Morgan fingerprint density at radius 2 is 1.63 bits per heavy atom. The molecule has 0 unspecified atom stereocenters. The fraction of sp³-hybridized carbons (Fsp3) is 0.250. The molecule has 27 heavy (non-hydrogen) atoms. The molecule has 142 valence electrons. The summed E-state index contributed by atoms with van der Waals surface area (Å²) >= 11 is 0.